The predicted octanol–water partition coefficient (Wildman–Crippen LogP) is 5.69. The molecule has 0 aliphatic rings. The lowest BCUT2D eigenvalue weighted by molar-refractivity contribution is 0.261. The Hall–Kier alpha value is -3.86. The van der Waals surface area contributed by atoms with Crippen LogP contribution in [0.1, 0.15) is 0 Å². The van der Waals surface area contributed by atoms with E-state index in [1.807, 2.05) is 38.4 Å². The van der Waals surface area contributed by atoms with Crippen LogP contribution in [-0.4, -0.2) is 66.3 Å². The Kier molecular flexibility index (Phi) is 9.01. The molecule has 10 nitrogen and oxygen atoms in total. The molecule has 0 radical (unpaired) electrons. The molecule has 2 aromatic carbocycles. The summed E-state index contributed by atoms with van der Waals surface area (Å²) in [6.07, 6.45) is 4.51. The summed E-state index contributed by atoms with van der Waals surface area (Å²) in [5, 5.41) is 7.02. The summed E-state index contributed by atoms with van der Waals surface area (Å²) >= 11 is 13.1. The molecule has 0 unspecified atom stereocenters. The normalized spacial score (nSPS) is 10.8. The number of methoxy groups -OCH3 is 2. The molecule has 0 bridgehead atoms. The smallest absolute Gasteiger partial charge is 0.143 e. The molecule has 0 atom stereocenters. The third-order valence-corrected chi connectivity index (χ3v) is 6.16. The Morgan fingerprint density at radius 3 is 2.24 bits per heavy atom. The van der Waals surface area contributed by atoms with Crippen molar-refractivity contribution in [2.45, 2.75) is 0 Å². The molecule has 0 fully saturated rings. The summed E-state index contributed by atoms with van der Waals surface area (Å²) in [4.78, 5) is 19.4. The number of hydrogen-bond donors (Lipinski definition) is 2. The summed E-state index contributed by atoms with van der Waals surface area (Å²) in [6, 6.07) is 11.1. The standard InChI is InChI=1S/C26H27Cl2N7O3/c1-35(2)9-10-38-17-7-5-16(6-8-17)33-22-11-19(30-15-31-22)18-13-29-14-32-26(18)34-25-23(27)20(36-3)12-21(37-4)24(25)28/h5-8,11-15H,9-10H2,1-4H3,(H,29,32,34)(H,30,31,33). The molecule has 0 saturated carbocycles. The van der Waals surface area contributed by atoms with Crippen molar-refractivity contribution in [3.05, 3.63) is 65.3 Å². The van der Waals surface area contributed by atoms with E-state index in [1.54, 1.807) is 18.3 Å². The first kappa shape index (κ1) is 27.2. The van der Waals surface area contributed by atoms with E-state index >= 15 is 0 Å². The Balaban J connectivity index is 1.57. The van der Waals surface area contributed by atoms with Gasteiger partial charge in [-0.3, -0.25) is 0 Å². The van der Waals surface area contributed by atoms with Gasteiger partial charge in [0.05, 0.1) is 31.2 Å². The maximum atomic E-state index is 6.54. The molecule has 0 aliphatic carbocycles. The van der Waals surface area contributed by atoms with Crippen LogP contribution < -0.4 is 24.8 Å². The number of ether oxygens (including phenoxy) is 3. The van der Waals surface area contributed by atoms with Gasteiger partial charge in [-0.2, -0.15) is 0 Å². The molecule has 0 saturated heterocycles. The molecular weight excluding hydrogens is 529 g/mol. The number of aromatic nitrogens is 4. The van der Waals surface area contributed by atoms with Gasteiger partial charge in [0, 0.05) is 30.6 Å². The van der Waals surface area contributed by atoms with Crippen LogP contribution in [0.3, 0.4) is 0 Å². The van der Waals surface area contributed by atoms with Crippen molar-refractivity contribution in [2.75, 3.05) is 52.1 Å². The van der Waals surface area contributed by atoms with Crippen LogP contribution >= 0.6 is 23.2 Å². The van der Waals surface area contributed by atoms with Gasteiger partial charge in [0.1, 0.15) is 58.2 Å². The van der Waals surface area contributed by atoms with Crippen molar-refractivity contribution in [2.24, 2.45) is 0 Å². The van der Waals surface area contributed by atoms with E-state index in [2.05, 4.69) is 35.5 Å². The third kappa shape index (κ3) is 6.52. The van der Waals surface area contributed by atoms with Crippen molar-refractivity contribution in [3.63, 3.8) is 0 Å². The molecule has 2 N–H and O–H groups in total. The molecule has 0 amide bonds. The zero-order valence-electron chi connectivity index (χ0n) is 21.3. The van der Waals surface area contributed by atoms with Crippen molar-refractivity contribution >= 4 is 46.2 Å². The second-order valence-corrected chi connectivity index (χ2v) is 9.04. The monoisotopic (exact) mass is 555 g/mol. The summed E-state index contributed by atoms with van der Waals surface area (Å²) in [5.74, 6) is 2.61. The minimum atomic E-state index is 0.280. The molecule has 12 heteroatoms. The van der Waals surface area contributed by atoms with Crippen molar-refractivity contribution in [3.8, 4) is 28.5 Å². The zero-order chi connectivity index (χ0) is 27.1. The fourth-order valence-electron chi connectivity index (χ4n) is 3.43. The van der Waals surface area contributed by atoms with Gasteiger partial charge in [0.2, 0.25) is 0 Å². The zero-order valence-corrected chi connectivity index (χ0v) is 22.8. The number of rotatable bonds is 11. The fraction of sp³-hybridized carbons (Fsp3) is 0.231. The predicted molar refractivity (Wildman–Crippen MR) is 150 cm³/mol. The maximum absolute atomic E-state index is 6.54. The average Bonchev–Trinajstić information content (AvgIpc) is 2.92. The molecule has 0 spiro atoms. The lowest BCUT2D eigenvalue weighted by Gasteiger charge is -2.17. The van der Waals surface area contributed by atoms with Crippen LogP contribution in [0.4, 0.5) is 23.0 Å². The molecule has 38 heavy (non-hydrogen) atoms. The van der Waals surface area contributed by atoms with Gasteiger partial charge in [-0.15, -0.1) is 0 Å². The first-order valence-corrected chi connectivity index (χ1v) is 12.3. The highest BCUT2D eigenvalue weighted by molar-refractivity contribution is 6.41. The van der Waals surface area contributed by atoms with Gasteiger partial charge in [-0.05, 0) is 38.4 Å². The Labute approximate surface area is 230 Å². The number of nitrogens with zero attached hydrogens (tertiary/aromatic N) is 5. The van der Waals surface area contributed by atoms with Crippen molar-refractivity contribution in [1.82, 2.24) is 24.8 Å². The van der Waals surface area contributed by atoms with E-state index in [4.69, 9.17) is 37.4 Å². The van der Waals surface area contributed by atoms with E-state index in [1.165, 1.54) is 26.9 Å². The number of anilines is 4. The van der Waals surface area contributed by atoms with E-state index in [0.29, 0.717) is 46.7 Å². The molecule has 4 aromatic rings. The van der Waals surface area contributed by atoms with E-state index < -0.39 is 0 Å². The molecule has 2 heterocycles. The first-order valence-electron chi connectivity index (χ1n) is 11.5. The molecule has 0 aliphatic heterocycles. The van der Waals surface area contributed by atoms with Crippen molar-refractivity contribution < 1.29 is 14.2 Å². The van der Waals surface area contributed by atoms with Gasteiger partial charge in [0.25, 0.3) is 0 Å². The second kappa shape index (κ2) is 12.6. The molecular formula is C26H27Cl2N7O3. The maximum Gasteiger partial charge on any atom is 0.143 e. The van der Waals surface area contributed by atoms with Crippen LogP contribution in [0.25, 0.3) is 11.3 Å². The number of halogens is 2. The SMILES string of the molecule is COc1cc(OC)c(Cl)c(Nc2ncncc2-c2cc(Nc3ccc(OCCN(C)C)cc3)ncn2)c1Cl. The van der Waals surface area contributed by atoms with Gasteiger partial charge in [-0.1, -0.05) is 23.2 Å². The highest BCUT2D eigenvalue weighted by Gasteiger charge is 2.20. The Bertz CT molecular complexity index is 1360. The number of likely N-dealkylation sites (N-methyl/N-ethyl adjacent to an activating group) is 1. The van der Waals surface area contributed by atoms with Gasteiger partial charge >= 0.3 is 0 Å². The topological polar surface area (TPSA) is 107 Å². The van der Waals surface area contributed by atoms with Crippen LogP contribution in [0.5, 0.6) is 17.2 Å². The Morgan fingerprint density at radius 2 is 1.58 bits per heavy atom. The van der Waals surface area contributed by atoms with Crippen LogP contribution in [0.2, 0.25) is 10.0 Å². The lowest BCUT2D eigenvalue weighted by Crippen LogP contribution is -2.19. The van der Waals surface area contributed by atoms with Gasteiger partial charge in [0.15, 0.2) is 0 Å². The highest BCUT2D eigenvalue weighted by Crippen LogP contribution is 2.45. The van der Waals surface area contributed by atoms with Crippen LogP contribution in [0.15, 0.2) is 55.2 Å². The summed E-state index contributed by atoms with van der Waals surface area (Å²) in [6.45, 7) is 1.46. The molecule has 4 rings (SSSR count). The van der Waals surface area contributed by atoms with Crippen LogP contribution in [0, 0.1) is 0 Å². The molecule has 2 aromatic heterocycles. The summed E-state index contributed by atoms with van der Waals surface area (Å²) in [7, 11) is 7.03. The third-order valence-electron chi connectivity index (χ3n) is 5.41. The number of nitrogens with one attached hydrogen (secondary N) is 2. The first-order chi connectivity index (χ1) is 18.4. The summed E-state index contributed by atoms with van der Waals surface area (Å²) < 4.78 is 16.5. The van der Waals surface area contributed by atoms with Crippen LogP contribution in [-0.2, 0) is 0 Å². The van der Waals surface area contributed by atoms with E-state index in [0.717, 1.165) is 18.0 Å². The second-order valence-electron chi connectivity index (χ2n) is 8.28. The average molecular weight is 556 g/mol. The quantitative estimate of drug-likeness (QED) is 0.240. The van der Waals surface area contributed by atoms with E-state index in [-0.39, 0.29) is 10.0 Å². The van der Waals surface area contributed by atoms with Crippen molar-refractivity contribution in [1.29, 1.82) is 0 Å². The fourth-order valence-corrected chi connectivity index (χ4v) is 4.03. The summed E-state index contributed by atoms with van der Waals surface area (Å²) in [5.41, 5.74) is 2.41. The van der Waals surface area contributed by atoms with E-state index in [9.17, 15) is 0 Å². The Morgan fingerprint density at radius 1 is 0.868 bits per heavy atom. The largest absolute Gasteiger partial charge is 0.495 e. The number of benzene rings is 2. The molecule has 198 valence electrons. The highest BCUT2D eigenvalue weighted by atomic mass is 35.5. The number of hydrogen-bond acceptors (Lipinski definition) is 10. The van der Waals surface area contributed by atoms with Gasteiger partial charge < -0.3 is 29.7 Å². The minimum Gasteiger partial charge on any atom is -0.495 e. The van der Waals surface area contributed by atoms with Gasteiger partial charge in [-0.25, -0.2) is 19.9 Å². The minimum absolute atomic E-state index is 0.280. The lowest BCUT2D eigenvalue weighted by atomic mass is 10.2.